The first-order chi connectivity index (χ1) is 25.4. The van der Waals surface area contributed by atoms with Gasteiger partial charge in [-0.15, -0.1) is 4.72 Å². The van der Waals surface area contributed by atoms with Crippen molar-refractivity contribution in [3.8, 4) is 0 Å². The van der Waals surface area contributed by atoms with Crippen LogP contribution in [0.15, 0.2) is 42.5 Å². The first-order valence-corrected chi connectivity index (χ1v) is 23.3. The summed E-state index contributed by atoms with van der Waals surface area (Å²) in [6.07, 6.45) is -3.09. The van der Waals surface area contributed by atoms with Gasteiger partial charge >= 0.3 is 6.18 Å². The van der Waals surface area contributed by atoms with E-state index in [1.807, 2.05) is 0 Å². The number of rotatable bonds is 18. The number of hydrogen-bond donors (Lipinski definition) is 2. The van der Waals surface area contributed by atoms with Crippen LogP contribution in [0.5, 0.6) is 0 Å². The Hall–Kier alpha value is -2.93. The molecule has 5 rings (SSSR count). The van der Waals surface area contributed by atoms with Crippen LogP contribution in [0.2, 0.25) is 25.7 Å². The number of amides is 2. The van der Waals surface area contributed by atoms with E-state index in [0.717, 1.165) is 32.7 Å². The lowest BCUT2D eigenvalue weighted by Gasteiger charge is -2.32. The van der Waals surface area contributed by atoms with Crippen molar-refractivity contribution < 1.29 is 45.6 Å². The van der Waals surface area contributed by atoms with Gasteiger partial charge in [-0.05, 0) is 89.3 Å². The highest BCUT2D eigenvalue weighted by molar-refractivity contribution is 7.90. The number of aromatic nitrogens is 2. The molecule has 1 aliphatic carbocycles. The highest BCUT2D eigenvalue weighted by Crippen LogP contribution is 2.42. The van der Waals surface area contributed by atoms with Crippen molar-refractivity contribution in [2.24, 2.45) is 5.92 Å². The van der Waals surface area contributed by atoms with E-state index in [1.54, 1.807) is 55.7 Å². The van der Waals surface area contributed by atoms with Gasteiger partial charge in [0.05, 0.1) is 41.9 Å². The largest absolute Gasteiger partial charge is 0.598 e. The Balaban J connectivity index is 1.44. The molecule has 0 saturated heterocycles. The van der Waals surface area contributed by atoms with Gasteiger partial charge in [0.15, 0.2) is 5.60 Å². The fourth-order valence-electron chi connectivity index (χ4n) is 6.05. The summed E-state index contributed by atoms with van der Waals surface area (Å²) in [7, 11) is -1.47. The number of alkyl halides is 5. The monoisotopic (exact) mass is 813 g/mol. The molecule has 2 amide bonds. The van der Waals surface area contributed by atoms with Crippen LogP contribution in [0.25, 0.3) is 11.0 Å². The summed E-state index contributed by atoms with van der Waals surface area (Å²) in [5.41, 5.74) is -0.634. The Morgan fingerprint density at radius 1 is 0.982 bits per heavy atom. The Morgan fingerprint density at radius 2 is 1.60 bits per heavy atom. The van der Waals surface area contributed by atoms with Gasteiger partial charge in [-0.1, -0.05) is 37.8 Å². The number of halogens is 5. The van der Waals surface area contributed by atoms with Crippen LogP contribution < -0.4 is 10.0 Å². The molecule has 304 valence electrons. The molecule has 2 heterocycles. The van der Waals surface area contributed by atoms with Gasteiger partial charge in [-0.2, -0.15) is 13.2 Å². The topological polar surface area (TPSA) is 121 Å². The number of benzene rings is 2. The van der Waals surface area contributed by atoms with Crippen LogP contribution in [-0.2, 0) is 27.6 Å². The number of carbonyl (C=O) groups excluding carboxylic acids is 2. The van der Waals surface area contributed by atoms with Crippen LogP contribution in [0.3, 0.4) is 0 Å². The minimum Gasteiger partial charge on any atom is -0.598 e. The lowest BCUT2D eigenvalue weighted by atomic mass is 10.0. The zero-order valence-electron chi connectivity index (χ0n) is 32.6. The number of carbonyl (C=O) groups is 2. The van der Waals surface area contributed by atoms with Gasteiger partial charge in [-0.25, -0.2) is 13.8 Å². The lowest BCUT2D eigenvalue weighted by molar-refractivity contribution is -0.265. The lowest BCUT2D eigenvalue weighted by Crippen LogP contribution is -2.47. The zero-order valence-corrected chi connectivity index (χ0v) is 34.4. The van der Waals surface area contributed by atoms with Crippen molar-refractivity contribution in [1.82, 2.24) is 24.5 Å². The van der Waals surface area contributed by atoms with Crippen LogP contribution in [0.1, 0.15) is 91.6 Å². The number of imide groups is 1. The molecule has 10 nitrogen and oxygen atoms in total. The fourth-order valence-corrected chi connectivity index (χ4v) is 7.59. The fraction of sp³-hybridized carbons (Fsp3) is 0.605. The smallest absolute Gasteiger partial charge is 0.416 e. The molecule has 0 radical (unpaired) electrons. The summed E-state index contributed by atoms with van der Waals surface area (Å²) in [4.78, 5) is 31.0. The van der Waals surface area contributed by atoms with Crippen LogP contribution in [0.4, 0.5) is 22.0 Å². The van der Waals surface area contributed by atoms with Crippen molar-refractivity contribution in [2.75, 3.05) is 26.3 Å². The molecular formula is C38H52F5N5O5SSi. The SMILES string of the molecule is CC(C)(C)[S+]([O-])N[C@@H](COC(C)(C)C(F)(F)F)c1nc2cc([C@H](NCC(F)(F)CN3C(=O)c4ccccc4C3=O)C3CC3)ccc2n1COCC[Si](C)(C)C. The Morgan fingerprint density at radius 3 is 2.15 bits per heavy atom. The average Bonchev–Trinajstić information content (AvgIpc) is 3.81. The highest BCUT2D eigenvalue weighted by Gasteiger charge is 2.49. The summed E-state index contributed by atoms with van der Waals surface area (Å²) < 4.78 is 101. The molecule has 1 aromatic heterocycles. The van der Waals surface area contributed by atoms with Gasteiger partial charge in [0.2, 0.25) is 0 Å². The molecule has 1 unspecified atom stereocenters. The quantitative estimate of drug-likeness (QED) is 0.0440. The second-order valence-corrected chi connectivity index (χ2v) is 24.8. The van der Waals surface area contributed by atoms with E-state index >= 15 is 8.78 Å². The molecule has 3 atom stereocenters. The molecule has 1 saturated carbocycles. The van der Waals surface area contributed by atoms with Crippen LogP contribution in [-0.4, -0.2) is 87.6 Å². The summed E-state index contributed by atoms with van der Waals surface area (Å²) in [5.74, 6) is -4.67. The van der Waals surface area contributed by atoms with Gasteiger partial charge in [0.1, 0.15) is 23.3 Å². The summed E-state index contributed by atoms with van der Waals surface area (Å²) in [6.45, 7) is 11.7. The van der Waals surface area contributed by atoms with Gasteiger partial charge in [0, 0.05) is 32.1 Å². The van der Waals surface area contributed by atoms with Crippen molar-refractivity contribution in [3.63, 3.8) is 0 Å². The van der Waals surface area contributed by atoms with E-state index in [9.17, 15) is 27.3 Å². The number of ether oxygens (including phenoxy) is 2. The Labute approximate surface area is 323 Å². The summed E-state index contributed by atoms with van der Waals surface area (Å²) in [6, 6.07) is 10.6. The minimum absolute atomic E-state index is 0.00694. The first kappa shape index (κ1) is 43.2. The third kappa shape index (κ3) is 10.5. The summed E-state index contributed by atoms with van der Waals surface area (Å²) >= 11 is -1.73. The average molecular weight is 814 g/mol. The van der Waals surface area contributed by atoms with Gasteiger partial charge in [0.25, 0.3) is 17.7 Å². The highest BCUT2D eigenvalue weighted by atomic mass is 32.2. The Kier molecular flexibility index (Phi) is 12.7. The zero-order chi connectivity index (χ0) is 40.7. The number of fused-ring (bicyclic) bond motifs is 2. The molecule has 2 aliphatic rings. The van der Waals surface area contributed by atoms with Crippen molar-refractivity contribution in [3.05, 3.63) is 65.0 Å². The van der Waals surface area contributed by atoms with Gasteiger partial charge < -0.3 is 23.9 Å². The van der Waals surface area contributed by atoms with E-state index in [4.69, 9.17) is 14.5 Å². The van der Waals surface area contributed by atoms with E-state index in [0.29, 0.717) is 28.1 Å². The third-order valence-electron chi connectivity index (χ3n) is 9.73. The van der Waals surface area contributed by atoms with Crippen LogP contribution in [0, 0.1) is 5.92 Å². The molecule has 17 heteroatoms. The van der Waals surface area contributed by atoms with Crippen molar-refractivity contribution in [2.45, 2.75) is 114 Å². The Bertz CT molecular complexity index is 1820. The van der Waals surface area contributed by atoms with Crippen LogP contribution >= 0.6 is 0 Å². The molecular weight excluding hydrogens is 762 g/mol. The second kappa shape index (κ2) is 16.1. The van der Waals surface area contributed by atoms with Gasteiger partial charge in [-0.3, -0.25) is 14.5 Å². The molecule has 2 N–H and O–H groups in total. The molecule has 0 spiro atoms. The maximum Gasteiger partial charge on any atom is 0.416 e. The normalized spacial score (nSPS) is 17.6. The van der Waals surface area contributed by atoms with Crippen molar-refractivity contribution in [1.29, 1.82) is 0 Å². The second-order valence-electron chi connectivity index (χ2n) is 17.2. The molecule has 2 aromatic carbocycles. The van der Waals surface area contributed by atoms with Crippen molar-refractivity contribution >= 4 is 42.3 Å². The molecule has 55 heavy (non-hydrogen) atoms. The van der Waals surface area contributed by atoms with E-state index in [2.05, 4.69) is 29.7 Å². The first-order valence-electron chi connectivity index (χ1n) is 18.4. The molecule has 3 aromatic rings. The standard InChI is InChI=1S/C38H52F5N5O5SSi/c1-35(2,3)54(51)46-29(20-53-36(4,5)38(41,42)43)32-45-28-19-25(15-16-30(28)48(32)23-52-17-18-55(6,7)8)31(24-13-14-24)44-21-37(39,40)22-47-33(49)26-11-9-10-12-27(26)34(47)50/h9-12,15-16,19,24,29,31,44,46H,13-14,17-18,20-23H2,1-8H3/t29-,31+,54?/m0/s1. The third-order valence-corrected chi connectivity index (χ3v) is 13.0. The van der Waals surface area contributed by atoms with E-state index < -0.39 is 85.5 Å². The predicted octanol–water partition coefficient (Wildman–Crippen LogP) is 7.77. The molecule has 1 aliphatic heterocycles. The van der Waals surface area contributed by atoms with E-state index in [-0.39, 0.29) is 29.6 Å². The molecule has 0 bridgehead atoms. The molecule has 1 fully saturated rings. The van der Waals surface area contributed by atoms with E-state index in [1.165, 1.54) is 12.1 Å². The minimum atomic E-state index is -4.68. The maximum absolute atomic E-state index is 15.5. The number of nitrogens with one attached hydrogen (secondary N) is 2. The summed E-state index contributed by atoms with van der Waals surface area (Å²) in [5, 5.41) is 2.99. The maximum atomic E-state index is 15.5. The number of hydrogen-bond acceptors (Lipinski definition) is 8. The number of imidazole rings is 1. The predicted molar refractivity (Wildman–Crippen MR) is 204 cm³/mol. The number of nitrogens with zero attached hydrogens (tertiary/aromatic N) is 3.